The van der Waals surface area contributed by atoms with E-state index in [0.717, 1.165) is 34.4 Å². The Morgan fingerprint density at radius 1 is 0.946 bits per heavy atom. The number of pyridine rings is 2. The van der Waals surface area contributed by atoms with Gasteiger partial charge in [0, 0.05) is 35.4 Å². The summed E-state index contributed by atoms with van der Waals surface area (Å²) in [7, 11) is 1.57. The molecule has 1 amide bonds. The molecule has 2 aromatic carbocycles. The van der Waals surface area contributed by atoms with Crippen molar-refractivity contribution in [2.45, 2.75) is 46.5 Å². The Labute approximate surface area is 218 Å². The Morgan fingerprint density at radius 2 is 1.76 bits per heavy atom. The number of anilines is 1. The van der Waals surface area contributed by atoms with Gasteiger partial charge >= 0.3 is 0 Å². The summed E-state index contributed by atoms with van der Waals surface area (Å²) >= 11 is 0. The van der Waals surface area contributed by atoms with Gasteiger partial charge in [-0.1, -0.05) is 39.8 Å². The number of rotatable bonds is 7. The molecule has 0 radical (unpaired) electrons. The van der Waals surface area contributed by atoms with Gasteiger partial charge in [0.25, 0.3) is 5.91 Å². The molecule has 0 atom stereocenters. The average Bonchev–Trinajstić information content (AvgIpc) is 2.90. The van der Waals surface area contributed by atoms with Crippen LogP contribution in [0.15, 0.2) is 73.1 Å². The first-order valence-corrected chi connectivity index (χ1v) is 12.4. The second-order valence-corrected chi connectivity index (χ2v) is 9.95. The fourth-order valence-electron chi connectivity index (χ4n) is 3.97. The van der Waals surface area contributed by atoms with Gasteiger partial charge in [0.05, 0.1) is 12.7 Å². The zero-order chi connectivity index (χ0) is 26.6. The molecule has 0 fully saturated rings. The third kappa shape index (κ3) is 5.97. The van der Waals surface area contributed by atoms with Crippen LogP contribution in [0.3, 0.4) is 0 Å². The van der Waals surface area contributed by atoms with Crippen LogP contribution >= 0.6 is 0 Å². The summed E-state index contributed by atoms with van der Waals surface area (Å²) in [4.78, 5) is 22.2. The van der Waals surface area contributed by atoms with Crippen LogP contribution in [0, 0.1) is 6.92 Å². The Hall–Kier alpha value is -4.19. The lowest BCUT2D eigenvalue weighted by Crippen LogP contribution is -2.17. The van der Waals surface area contributed by atoms with Crippen LogP contribution in [0.2, 0.25) is 0 Å². The van der Waals surface area contributed by atoms with E-state index in [1.807, 2.05) is 67.6 Å². The van der Waals surface area contributed by atoms with E-state index in [4.69, 9.17) is 9.47 Å². The van der Waals surface area contributed by atoms with Crippen molar-refractivity contribution >= 4 is 11.6 Å². The van der Waals surface area contributed by atoms with Crippen LogP contribution in [0.5, 0.6) is 17.4 Å². The highest BCUT2D eigenvalue weighted by molar-refractivity contribution is 6.06. The van der Waals surface area contributed by atoms with Crippen molar-refractivity contribution < 1.29 is 14.3 Å². The quantitative estimate of drug-likeness (QED) is 0.290. The summed E-state index contributed by atoms with van der Waals surface area (Å²) < 4.78 is 11.8. The van der Waals surface area contributed by atoms with E-state index in [9.17, 15) is 4.79 Å². The summed E-state index contributed by atoms with van der Waals surface area (Å²) in [5, 5.41) is 3.00. The van der Waals surface area contributed by atoms with Crippen LogP contribution in [-0.2, 0) is 11.8 Å². The van der Waals surface area contributed by atoms with Gasteiger partial charge in [-0.15, -0.1) is 0 Å². The van der Waals surface area contributed by atoms with Gasteiger partial charge in [0.1, 0.15) is 11.5 Å². The molecule has 1 N–H and O–H groups in total. The van der Waals surface area contributed by atoms with Gasteiger partial charge in [-0.05, 0) is 77.9 Å². The molecule has 190 valence electrons. The number of hydrogen-bond donors (Lipinski definition) is 1. The van der Waals surface area contributed by atoms with Crippen molar-refractivity contribution in [3.63, 3.8) is 0 Å². The normalized spacial score (nSPS) is 11.2. The molecule has 0 aliphatic heterocycles. The van der Waals surface area contributed by atoms with Crippen molar-refractivity contribution in [2.75, 3.05) is 12.4 Å². The molecule has 4 rings (SSSR count). The molecular weight excluding hydrogens is 462 g/mol. The minimum Gasteiger partial charge on any atom is -0.496 e. The molecule has 0 spiro atoms. The minimum absolute atomic E-state index is 0.0979. The van der Waals surface area contributed by atoms with Crippen LogP contribution in [0.4, 0.5) is 5.69 Å². The number of ether oxygens (including phenoxy) is 2. The molecule has 0 saturated heterocycles. The number of nitrogens with zero attached hydrogens (tertiary/aromatic N) is 2. The van der Waals surface area contributed by atoms with E-state index in [-0.39, 0.29) is 11.3 Å². The van der Waals surface area contributed by atoms with Crippen LogP contribution < -0.4 is 14.8 Å². The lowest BCUT2D eigenvalue weighted by Gasteiger charge is -2.21. The van der Waals surface area contributed by atoms with Gasteiger partial charge in [0.2, 0.25) is 5.88 Å². The molecule has 6 nitrogen and oxygen atoms in total. The fraction of sp³-hybridized carbons (Fsp3) is 0.258. The van der Waals surface area contributed by atoms with E-state index in [2.05, 4.69) is 43.0 Å². The average molecular weight is 496 g/mol. The van der Waals surface area contributed by atoms with Crippen molar-refractivity contribution in [2.24, 2.45) is 0 Å². The highest BCUT2D eigenvalue weighted by Crippen LogP contribution is 2.34. The first-order valence-electron chi connectivity index (χ1n) is 12.4. The number of methoxy groups -OCH3 is 1. The molecule has 4 aromatic rings. The third-order valence-corrected chi connectivity index (χ3v) is 6.22. The number of aromatic nitrogens is 2. The lowest BCUT2D eigenvalue weighted by atomic mass is 9.86. The second-order valence-electron chi connectivity index (χ2n) is 9.95. The Morgan fingerprint density at radius 3 is 2.49 bits per heavy atom. The Bertz CT molecular complexity index is 1420. The molecule has 6 heteroatoms. The third-order valence-electron chi connectivity index (χ3n) is 6.22. The van der Waals surface area contributed by atoms with E-state index >= 15 is 0 Å². The number of benzene rings is 2. The molecule has 0 bridgehead atoms. The van der Waals surface area contributed by atoms with E-state index in [0.29, 0.717) is 28.6 Å². The summed E-state index contributed by atoms with van der Waals surface area (Å²) in [6.45, 7) is 10.4. The fourth-order valence-corrected chi connectivity index (χ4v) is 3.97. The second kappa shape index (κ2) is 10.8. The molecule has 0 unspecified atom stereocenters. The summed E-state index contributed by atoms with van der Waals surface area (Å²) in [6.07, 6.45) is 4.35. The standard InChI is InChI=1S/C31H33N3O3/c1-7-23-17-21(14-16-32-23)25-9-8-15-33-30(25)37-28-19-24(12-10-20(28)2)34-29(35)26-18-22(31(3,4)5)11-13-27(26)36-6/h8-19H,7H2,1-6H3,(H,34,35). The van der Waals surface area contributed by atoms with Crippen LogP contribution in [0.25, 0.3) is 11.1 Å². The number of nitrogens with one attached hydrogen (secondary N) is 1. The minimum atomic E-state index is -0.250. The van der Waals surface area contributed by atoms with E-state index in [1.54, 1.807) is 19.5 Å². The van der Waals surface area contributed by atoms with E-state index < -0.39 is 0 Å². The van der Waals surface area contributed by atoms with Gasteiger partial charge in [-0.25, -0.2) is 4.98 Å². The zero-order valence-electron chi connectivity index (χ0n) is 22.3. The summed E-state index contributed by atoms with van der Waals surface area (Å²) in [5.41, 5.74) is 5.83. The molecule has 0 aliphatic rings. The summed E-state index contributed by atoms with van der Waals surface area (Å²) in [6, 6.07) is 19.2. The monoisotopic (exact) mass is 495 g/mol. The van der Waals surface area contributed by atoms with Gasteiger partial charge in [0.15, 0.2) is 0 Å². The summed E-state index contributed by atoms with van der Waals surface area (Å²) in [5.74, 6) is 1.37. The molecule has 2 aromatic heterocycles. The Kier molecular flexibility index (Phi) is 7.58. The highest BCUT2D eigenvalue weighted by atomic mass is 16.5. The number of aryl methyl sites for hydroxylation is 2. The highest BCUT2D eigenvalue weighted by Gasteiger charge is 2.20. The lowest BCUT2D eigenvalue weighted by molar-refractivity contribution is 0.102. The smallest absolute Gasteiger partial charge is 0.259 e. The number of carbonyl (C=O) groups is 1. The number of carbonyl (C=O) groups excluding carboxylic acids is 1. The maximum Gasteiger partial charge on any atom is 0.259 e. The number of hydrogen-bond acceptors (Lipinski definition) is 5. The Balaban J connectivity index is 1.63. The van der Waals surface area contributed by atoms with Crippen LogP contribution in [0.1, 0.15) is 54.9 Å². The molecule has 0 aliphatic carbocycles. The molecule has 2 heterocycles. The van der Waals surface area contributed by atoms with E-state index in [1.165, 1.54) is 0 Å². The predicted octanol–water partition coefficient (Wildman–Crippen LogP) is 7.37. The van der Waals surface area contributed by atoms with Crippen molar-refractivity contribution in [1.29, 1.82) is 0 Å². The number of amides is 1. The first kappa shape index (κ1) is 25.9. The molecule has 0 saturated carbocycles. The van der Waals surface area contributed by atoms with Gasteiger partial charge in [-0.2, -0.15) is 0 Å². The van der Waals surface area contributed by atoms with Gasteiger partial charge < -0.3 is 14.8 Å². The van der Waals surface area contributed by atoms with Crippen molar-refractivity contribution in [1.82, 2.24) is 9.97 Å². The SMILES string of the molecule is CCc1cc(-c2cccnc2Oc2cc(NC(=O)c3cc(C(C)(C)C)ccc3OC)ccc2C)ccn1. The predicted molar refractivity (Wildman–Crippen MR) is 148 cm³/mol. The van der Waals surface area contributed by atoms with Gasteiger partial charge in [-0.3, -0.25) is 9.78 Å². The first-order chi connectivity index (χ1) is 17.7. The zero-order valence-corrected chi connectivity index (χ0v) is 22.3. The largest absolute Gasteiger partial charge is 0.496 e. The molecular formula is C31H33N3O3. The van der Waals surface area contributed by atoms with Crippen molar-refractivity contribution in [3.05, 3.63) is 95.4 Å². The van der Waals surface area contributed by atoms with Crippen molar-refractivity contribution in [3.8, 4) is 28.5 Å². The maximum absolute atomic E-state index is 13.3. The topological polar surface area (TPSA) is 73.3 Å². The molecule has 37 heavy (non-hydrogen) atoms. The van der Waals surface area contributed by atoms with Crippen LogP contribution in [-0.4, -0.2) is 23.0 Å². The maximum atomic E-state index is 13.3.